The molecule has 0 bridgehead atoms. The zero-order valence-electron chi connectivity index (χ0n) is 13.9. The van der Waals surface area contributed by atoms with Gasteiger partial charge in [0.05, 0.1) is 25.4 Å². The van der Waals surface area contributed by atoms with Crippen LogP contribution in [0.1, 0.15) is 32.3 Å². The third-order valence-corrected chi connectivity index (χ3v) is 3.58. The van der Waals surface area contributed by atoms with E-state index in [9.17, 15) is 15.0 Å². The Kier molecular flexibility index (Phi) is 6.84. The van der Waals surface area contributed by atoms with Crippen molar-refractivity contribution in [1.29, 1.82) is 0 Å². The van der Waals surface area contributed by atoms with Gasteiger partial charge in [0, 0.05) is 31.4 Å². The third kappa shape index (κ3) is 5.36. The second-order valence-corrected chi connectivity index (χ2v) is 5.60. The van der Waals surface area contributed by atoms with Gasteiger partial charge in [0.1, 0.15) is 18.1 Å². The minimum atomic E-state index is -0.639. The lowest BCUT2D eigenvalue weighted by Crippen LogP contribution is -2.40. The molecule has 7 heteroatoms. The highest BCUT2D eigenvalue weighted by molar-refractivity contribution is 5.66. The fourth-order valence-electron chi connectivity index (χ4n) is 2.49. The molecule has 3 unspecified atom stereocenters. The molecule has 0 radical (unpaired) electrons. The Morgan fingerprint density at radius 3 is 2.83 bits per heavy atom. The van der Waals surface area contributed by atoms with Crippen LogP contribution in [0.4, 0.5) is 0 Å². The summed E-state index contributed by atoms with van der Waals surface area (Å²) in [6.45, 7) is 3.62. The number of carbonyl (C=O) groups excluding carboxylic acids is 1. The van der Waals surface area contributed by atoms with Crippen LogP contribution in [-0.2, 0) is 20.9 Å². The van der Waals surface area contributed by atoms with Crippen LogP contribution in [0.3, 0.4) is 0 Å². The highest BCUT2D eigenvalue weighted by atomic mass is 16.7. The largest absolute Gasteiger partial charge is 0.493 e. The van der Waals surface area contributed by atoms with Crippen LogP contribution in [0.15, 0.2) is 18.2 Å². The van der Waals surface area contributed by atoms with Crippen molar-refractivity contribution in [3.05, 3.63) is 23.8 Å². The first kappa shape index (κ1) is 18.5. The van der Waals surface area contributed by atoms with Crippen LogP contribution in [-0.4, -0.2) is 47.9 Å². The normalized spacial score (nSPS) is 23.6. The van der Waals surface area contributed by atoms with Gasteiger partial charge in [-0.2, -0.15) is 0 Å². The van der Waals surface area contributed by atoms with Gasteiger partial charge in [-0.3, -0.25) is 4.79 Å². The predicted molar refractivity (Wildman–Crippen MR) is 84.7 cm³/mol. The molecule has 0 amide bonds. The van der Waals surface area contributed by atoms with Gasteiger partial charge in [-0.15, -0.1) is 0 Å². The first-order valence-corrected chi connectivity index (χ1v) is 8.02. The predicted octanol–water partition coefficient (Wildman–Crippen LogP) is 1.39. The Labute approximate surface area is 141 Å². The standard InChI is InChI=1S/C17H24O7/c1-3-21-16-8-14(5-4-12(16)10-22-11(2)19)23-17-7-13(20)6-15(9-18)24-17/h4-5,8,13,15,17-18,20H,3,6-7,9-10H2,1-2H3. The molecule has 134 valence electrons. The molecule has 2 rings (SSSR count). The van der Waals surface area contributed by atoms with Crippen LogP contribution in [0.5, 0.6) is 11.5 Å². The van der Waals surface area contributed by atoms with Gasteiger partial charge >= 0.3 is 5.97 Å². The molecule has 1 fully saturated rings. The van der Waals surface area contributed by atoms with Gasteiger partial charge in [0.2, 0.25) is 6.29 Å². The lowest BCUT2D eigenvalue weighted by molar-refractivity contribution is -0.184. The van der Waals surface area contributed by atoms with Crippen molar-refractivity contribution < 1.29 is 34.0 Å². The van der Waals surface area contributed by atoms with Crippen molar-refractivity contribution in [2.24, 2.45) is 0 Å². The minimum Gasteiger partial charge on any atom is -0.493 e. The van der Waals surface area contributed by atoms with Gasteiger partial charge in [-0.1, -0.05) is 0 Å². The van der Waals surface area contributed by atoms with Gasteiger partial charge in [-0.05, 0) is 19.1 Å². The Morgan fingerprint density at radius 1 is 1.38 bits per heavy atom. The summed E-state index contributed by atoms with van der Waals surface area (Å²) in [5, 5.41) is 19.0. The Bertz CT molecular complexity index is 546. The van der Waals surface area contributed by atoms with E-state index in [1.165, 1.54) is 6.92 Å². The van der Waals surface area contributed by atoms with Crippen LogP contribution in [0.2, 0.25) is 0 Å². The average molecular weight is 340 g/mol. The third-order valence-electron chi connectivity index (χ3n) is 3.58. The number of aliphatic hydroxyl groups excluding tert-OH is 2. The average Bonchev–Trinajstić information content (AvgIpc) is 2.53. The highest BCUT2D eigenvalue weighted by Crippen LogP contribution is 2.29. The van der Waals surface area contributed by atoms with E-state index in [2.05, 4.69) is 0 Å². The summed E-state index contributed by atoms with van der Waals surface area (Å²) in [5.74, 6) is 0.713. The summed E-state index contributed by atoms with van der Waals surface area (Å²) in [4.78, 5) is 11.0. The molecule has 3 atom stereocenters. The summed E-state index contributed by atoms with van der Waals surface area (Å²) in [6, 6.07) is 5.17. The van der Waals surface area contributed by atoms with Crippen molar-refractivity contribution in [2.75, 3.05) is 13.2 Å². The molecular weight excluding hydrogens is 316 g/mol. The fourth-order valence-corrected chi connectivity index (χ4v) is 2.49. The molecule has 24 heavy (non-hydrogen) atoms. The monoisotopic (exact) mass is 340 g/mol. The number of rotatable bonds is 7. The first-order chi connectivity index (χ1) is 11.5. The molecule has 1 aliphatic heterocycles. The molecule has 1 heterocycles. The van der Waals surface area contributed by atoms with Gasteiger partial charge in [-0.25, -0.2) is 0 Å². The van der Waals surface area contributed by atoms with Crippen molar-refractivity contribution in [1.82, 2.24) is 0 Å². The maximum absolute atomic E-state index is 11.0. The van der Waals surface area contributed by atoms with Crippen molar-refractivity contribution in [3.8, 4) is 11.5 Å². The van der Waals surface area contributed by atoms with E-state index in [4.69, 9.17) is 18.9 Å². The minimum absolute atomic E-state index is 0.121. The number of carbonyl (C=O) groups is 1. The van der Waals surface area contributed by atoms with Crippen molar-refractivity contribution in [2.45, 2.75) is 51.8 Å². The lowest BCUT2D eigenvalue weighted by atomic mass is 10.1. The van der Waals surface area contributed by atoms with E-state index in [0.29, 0.717) is 30.9 Å². The van der Waals surface area contributed by atoms with E-state index in [1.807, 2.05) is 6.92 Å². The zero-order valence-corrected chi connectivity index (χ0v) is 13.9. The van der Waals surface area contributed by atoms with Crippen molar-refractivity contribution in [3.63, 3.8) is 0 Å². The van der Waals surface area contributed by atoms with Gasteiger partial charge in [0.15, 0.2) is 0 Å². The Morgan fingerprint density at radius 2 is 2.17 bits per heavy atom. The smallest absolute Gasteiger partial charge is 0.302 e. The molecule has 1 aromatic rings. The van der Waals surface area contributed by atoms with E-state index >= 15 is 0 Å². The highest BCUT2D eigenvalue weighted by Gasteiger charge is 2.29. The van der Waals surface area contributed by atoms with E-state index < -0.39 is 18.5 Å². The second kappa shape index (κ2) is 8.86. The quantitative estimate of drug-likeness (QED) is 0.724. The molecular formula is C17H24O7. The van der Waals surface area contributed by atoms with Gasteiger partial charge < -0.3 is 29.2 Å². The SMILES string of the molecule is CCOc1cc(OC2CC(O)CC(CO)O2)ccc1COC(C)=O. The molecule has 7 nitrogen and oxygen atoms in total. The summed E-state index contributed by atoms with van der Waals surface area (Å²) in [7, 11) is 0. The first-order valence-electron chi connectivity index (χ1n) is 8.02. The second-order valence-electron chi connectivity index (χ2n) is 5.60. The van der Waals surface area contributed by atoms with Crippen molar-refractivity contribution >= 4 is 5.97 Å². The van der Waals surface area contributed by atoms with Gasteiger partial charge in [0.25, 0.3) is 0 Å². The van der Waals surface area contributed by atoms with E-state index in [-0.39, 0.29) is 19.2 Å². The molecule has 1 saturated heterocycles. The summed E-state index contributed by atoms with van der Waals surface area (Å²) in [6.07, 6.45) is -0.930. The molecule has 1 aliphatic rings. The maximum atomic E-state index is 11.0. The number of hydrogen-bond acceptors (Lipinski definition) is 7. The number of esters is 1. The van der Waals surface area contributed by atoms with Crippen LogP contribution < -0.4 is 9.47 Å². The number of aliphatic hydroxyl groups is 2. The molecule has 0 aliphatic carbocycles. The molecule has 0 spiro atoms. The molecule has 2 N–H and O–H groups in total. The molecule has 0 saturated carbocycles. The Hall–Kier alpha value is -1.83. The topological polar surface area (TPSA) is 94.5 Å². The zero-order chi connectivity index (χ0) is 17.5. The number of hydrogen-bond donors (Lipinski definition) is 2. The van der Waals surface area contributed by atoms with E-state index in [1.54, 1.807) is 18.2 Å². The summed E-state index contributed by atoms with van der Waals surface area (Å²) >= 11 is 0. The maximum Gasteiger partial charge on any atom is 0.302 e. The van der Waals surface area contributed by atoms with Crippen LogP contribution in [0.25, 0.3) is 0 Å². The lowest BCUT2D eigenvalue weighted by Gasteiger charge is -2.32. The summed E-state index contributed by atoms with van der Waals surface area (Å²) in [5.41, 5.74) is 0.734. The number of ether oxygens (including phenoxy) is 4. The van der Waals surface area contributed by atoms with E-state index in [0.717, 1.165) is 5.56 Å². The summed E-state index contributed by atoms with van der Waals surface area (Å²) < 4.78 is 21.9. The molecule has 0 aromatic heterocycles. The number of benzene rings is 1. The Balaban J connectivity index is 2.07. The van der Waals surface area contributed by atoms with Crippen LogP contribution >= 0.6 is 0 Å². The molecule has 1 aromatic carbocycles. The fraction of sp³-hybridized carbons (Fsp3) is 0.588. The van der Waals surface area contributed by atoms with Crippen LogP contribution in [0, 0.1) is 0 Å².